The van der Waals surface area contributed by atoms with E-state index in [1.54, 1.807) is 6.92 Å². The van der Waals surface area contributed by atoms with Crippen molar-refractivity contribution in [2.45, 2.75) is 63.1 Å². The molecule has 0 spiro atoms. The predicted molar refractivity (Wildman–Crippen MR) is 104 cm³/mol. The highest BCUT2D eigenvalue weighted by Gasteiger charge is 2.27. The normalized spacial score (nSPS) is 18.1. The number of likely N-dealkylation sites (tertiary alicyclic amines) is 1. The summed E-state index contributed by atoms with van der Waals surface area (Å²) in [7, 11) is -3.61. The number of benzene rings is 1. The molecule has 1 unspecified atom stereocenters. The van der Waals surface area contributed by atoms with Crippen LogP contribution in [0.3, 0.4) is 0 Å². The molecule has 152 valence electrons. The Hall–Kier alpha value is -1.67. The average Bonchev–Trinajstić information content (AvgIpc) is 2.53. The summed E-state index contributed by atoms with van der Waals surface area (Å²) in [5, 5.41) is 5.77. The Balaban J connectivity index is 1.90. The molecular formula is C19H30FN3O3S. The highest BCUT2D eigenvalue weighted by molar-refractivity contribution is 7.90. The Kier molecular flexibility index (Phi) is 6.52. The van der Waals surface area contributed by atoms with Crippen LogP contribution in [0.25, 0.3) is 0 Å². The lowest BCUT2D eigenvalue weighted by atomic mass is 9.98. The van der Waals surface area contributed by atoms with E-state index < -0.39 is 21.7 Å². The van der Waals surface area contributed by atoms with Gasteiger partial charge in [-0.3, -0.25) is 4.90 Å². The molecule has 1 heterocycles. The minimum absolute atomic E-state index is 0.111. The van der Waals surface area contributed by atoms with Crippen molar-refractivity contribution in [3.8, 4) is 0 Å². The summed E-state index contributed by atoms with van der Waals surface area (Å²) in [5.74, 6) is -0.807. The van der Waals surface area contributed by atoms with Crippen molar-refractivity contribution in [1.29, 1.82) is 0 Å². The number of urea groups is 1. The fourth-order valence-corrected chi connectivity index (χ4v) is 4.02. The topological polar surface area (TPSA) is 78.5 Å². The Labute approximate surface area is 161 Å². The lowest BCUT2D eigenvalue weighted by Gasteiger charge is -2.41. The number of nitrogens with zero attached hydrogens (tertiary/aromatic N) is 1. The molecule has 2 N–H and O–H groups in total. The van der Waals surface area contributed by atoms with Gasteiger partial charge in [-0.05, 0) is 58.2 Å². The van der Waals surface area contributed by atoms with E-state index in [-0.39, 0.29) is 22.5 Å². The van der Waals surface area contributed by atoms with Crippen LogP contribution in [0, 0.1) is 5.82 Å². The summed E-state index contributed by atoms with van der Waals surface area (Å²) in [5.41, 5.74) is 0.641. The molecule has 1 fully saturated rings. The molecule has 1 aliphatic heterocycles. The quantitative estimate of drug-likeness (QED) is 0.816. The molecule has 2 rings (SSSR count). The van der Waals surface area contributed by atoms with Crippen molar-refractivity contribution in [3.63, 3.8) is 0 Å². The van der Waals surface area contributed by atoms with Crippen LogP contribution in [0.5, 0.6) is 0 Å². The molecule has 27 heavy (non-hydrogen) atoms. The van der Waals surface area contributed by atoms with Gasteiger partial charge in [0.25, 0.3) is 0 Å². The van der Waals surface area contributed by atoms with Crippen molar-refractivity contribution in [1.82, 2.24) is 15.5 Å². The van der Waals surface area contributed by atoms with Crippen molar-refractivity contribution >= 4 is 15.9 Å². The zero-order chi connectivity index (χ0) is 20.4. The number of halogens is 1. The second kappa shape index (κ2) is 8.14. The first-order chi connectivity index (χ1) is 12.4. The molecular weight excluding hydrogens is 369 g/mol. The van der Waals surface area contributed by atoms with Crippen LogP contribution in [0.2, 0.25) is 0 Å². The van der Waals surface area contributed by atoms with Crippen molar-refractivity contribution in [2.24, 2.45) is 0 Å². The zero-order valence-corrected chi connectivity index (χ0v) is 17.5. The van der Waals surface area contributed by atoms with Gasteiger partial charge in [-0.2, -0.15) is 0 Å². The van der Waals surface area contributed by atoms with Gasteiger partial charge in [-0.15, -0.1) is 0 Å². The molecule has 6 nitrogen and oxygen atoms in total. The minimum Gasteiger partial charge on any atom is -0.335 e. The summed E-state index contributed by atoms with van der Waals surface area (Å²) >= 11 is 0. The summed E-state index contributed by atoms with van der Waals surface area (Å²) < 4.78 is 37.0. The summed E-state index contributed by atoms with van der Waals surface area (Å²) in [6.45, 7) is 10.1. The van der Waals surface area contributed by atoms with E-state index in [4.69, 9.17) is 0 Å². The van der Waals surface area contributed by atoms with Crippen LogP contribution in [0.4, 0.5) is 9.18 Å². The Bertz CT molecular complexity index is 782. The largest absolute Gasteiger partial charge is 0.335 e. The first-order valence-electron chi connectivity index (χ1n) is 9.19. The molecule has 0 saturated carbocycles. The number of rotatable bonds is 4. The summed E-state index contributed by atoms with van der Waals surface area (Å²) in [4.78, 5) is 14.3. The van der Waals surface area contributed by atoms with Gasteiger partial charge in [-0.25, -0.2) is 17.6 Å². The zero-order valence-electron chi connectivity index (χ0n) is 16.7. The van der Waals surface area contributed by atoms with E-state index in [1.807, 2.05) is 0 Å². The summed E-state index contributed by atoms with van der Waals surface area (Å²) in [6, 6.07) is 3.28. The third-order valence-electron chi connectivity index (χ3n) is 4.98. The molecule has 2 amide bonds. The maximum Gasteiger partial charge on any atom is 0.315 e. The molecule has 1 aliphatic rings. The van der Waals surface area contributed by atoms with E-state index in [2.05, 4.69) is 36.3 Å². The predicted octanol–water partition coefficient (Wildman–Crippen LogP) is 2.85. The minimum atomic E-state index is -3.61. The van der Waals surface area contributed by atoms with Gasteiger partial charge in [-0.1, -0.05) is 6.07 Å². The van der Waals surface area contributed by atoms with Gasteiger partial charge in [0.05, 0.1) is 6.04 Å². The number of sulfone groups is 1. The number of amides is 2. The van der Waals surface area contributed by atoms with Gasteiger partial charge < -0.3 is 10.6 Å². The highest BCUT2D eigenvalue weighted by atomic mass is 32.2. The molecule has 0 aromatic heterocycles. The Morgan fingerprint density at radius 1 is 1.26 bits per heavy atom. The fourth-order valence-electron chi connectivity index (χ4n) is 3.29. The van der Waals surface area contributed by atoms with Gasteiger partial charge in [0.15, 0.2) is 9.84 Å². The number of hydrogen-bond acceptors (Lipinski definition) is 4. The Morgan fingerprint density at radius 3 is 2.33 bits per heavy atom. The molecule has 1 atom stereocenters. The number of nitrogens with one attached hydrogen (secondary N) is 2. The third-order valence-corrected chi connectivity index (χ3v) is 6.11. The van der Waals surface area contributed by atoms with Crippen molar-refractivity contribution in [2.75, 3.05) is 19.3 Å². The molecule has 0 bridgehead atoms. The standard InChI is InChI=1S/C19H30FN3O3S/c1-13(14-6-7-17(16(20)12-14)27(5,25)26)21-18(24)22-15-8-10-23(11-9-15)19(2,3)4/h6-7,12-13,15H,8-11H2,1-5H3,(H2,21,22,24). The number of hydrogen-bond donors (Lipinski definition) is 2. The maximum atomic E-state index is 14.0. The van der Waals surface area contributed by atoms with Crippen LogP contribution >= 0.6 is 0 Å². The number of carbonyl (C=O) groups excluding carboxylic acids is 1. The van der Waals surface area contributed by atoms with E-state index in [1.165, 1.54) is 12.1 Å². The monoisotopic (exact) mass is 399 g/mol. The van der Waals surface area contributed by atoms with Crippen molar-refractivity contribution in [3.05, 3.63) is 29.6 Å². The van der Waals surface area contributed by atoms with Crippen LogP contribution in [-0.2, 0) is 9.84 Å². The van der Waals surface area contributed by atoms with Gasteiger partial charge in [0.1, 0.15) is 10.7 Å². The van der Waals surface area contributed by atoms with Gasteiger partial charge in [0.2, 0.25) is 0 Å². The Morgan fingerprint density at radius 2 is 1.85 bits per heavy atom. The molecule has 0 aliphatic carbocycles. The molecule has 1 aromatic carbocycles. The van der Waals surface area contributed by atoms with E-state index in [0.717, 1.165) is 38.3 Å². The van der Waals surface area contributed by atoms with Crippen molar-refractivity contribution < 1.29 is 17.6 Å². The molecule has 1 aromatic rings. The number of carbonyl (C=O) groups is 1. The average molecular weight is 400 g/mol. The summed E-state index contributed by atoms with van der Waals surface area (Å²) in [6.07, 6.45) is 2.73. The lowest BCUT2D eigenvalue weighted by Crippen LogP contribution is -2.52. The smallest absolute Gasteiger partial charge is 0.315 e. The SMILES string of the molecule is CC(NC(=O)NC1CCN(C(C)(C)C)CC1)c1ccc(S(C)(=O)=O)c(F)c1. The van der Waals surface area contributed by atoms with Gasteiger partial charge >= 0.3 is 6.03 Å². The second-order valence-electron chi connectivity index (χ2n) is 8.23. The fraction of sp³-hybridized carbons (Fsp3) is 0.632. The van der Waals surface area contributed by atoms with E-state index >= 15 is 0 Å². The van der Waals surface area contributed by atoms with E-state index in [9.17, 15) is 17.6 Å². The lowest BCUT2D eigenvalue weighted by molar-refractivity contribution is 0.0977. The van der Waals surface area contributed by atoms with Crippen LogP contribution in [-0.4, -0.2) is 50.3 Å². The molecule has 0 radical (unpaired) electrons. The number of piperidine rings is 1. The third kappa shape index (κ3) is 5.90. The first kappa shape index (κ1) is 21.6. The highest BCUT2D eigenvalue weighted by Crippen LogP contribution is 2.21. The first-order valence-corrected chi connectivity index (χ1v) is 11.1. The van der Waals surface area contributed by atoms with Gasteiger partial charge in [0, 0.05) is 30.9 Å². The molecule has 8 heteroatoms. The maximum absolute atomic E-state index is 14.0. The molecule has 1 saturated heterocycles. The van der Waals surface area contributed by atoms with Crippen LogP contribution < -0.4 is 10.6 Å². The van der Waals surface area contributed by atoms with Crippen LogP contribution in [0.1, 0.15) is 52.1 Å². The van der Waals surface area contributed by atoms with E-state index in [0.29, 0.717) is 5.56 Å². The second-order valence-corrected chi connectivity index (χ2v) is 10.2. The van der Waals surface area contributed by atoms with Crippen LogP contribution in [0.15, 0.2) is 23.1 Å².